The minimum atomic E-state index is -0.611. The molecule has 0 fully saturated rings. The molecule has 2 aliphatic heterocycles. The number of para-hydroxylation sites is 2. The van der Waals surface area contributed by atoms with Gasteiger partial charge in [0.15, 0.2) is 0 Å². The largest absolute Gasteiger partial charge is 0.457 e. The lowest BCUT2D eigenvalue weighted by atomic mass is 9.66. The van der Waals surface area contributed by atoms with Gasteiger partial charge in [0.1, 0.15) is 11.5 Å². The van der Waals surface area contributed by atoms with E-state index < -0.39 is 10.8 Å². The van der Waals surface area contributed by atoms with E-state index in [-0.39, 0.29) is 0 Å². The van der Waals surface area contributed by atoms with Gasteiger partial charge in [-0.15, -0.1) is 0 Å². The van der Waals surface area contributed by atoms with Crippen LogP contribution in [0.25, 0.3) is 54.6 Å². The van der Waals surface area contributed by atoms with Crippen molar-refractivity contribution in [2.45, 2.75) is 20.6 Å². The van der Waals surface area contributed by atoms with Crippen LogP contribution < -0.4 is 9.64 Å². The summed E-state index contributed by atoms with van der Waals surface area (Å²) in [6.45, 7) is 0. The Morgan fingerprint density at radius 2 is 0.732 bits per heavy atom. The average molecular weight is 920 g/mol. The van der Waals surface area contributed by atoms with Gasteiger partial charge in [0.05, 0.1) is 16.5 Å². The molecular formula is C68H41NOS. The lowest BCUT2D eigenvalue weighted by Gasteiger charge is -2.40. The van der Waals surface area contributed by atoms with Crippen LogP contribution in [0.3, 0.4) is 0 Å². The van der Waals surface area contributed by atoms with Gasteiger partial charge in [-0.3, -0.25) is 0 Å². The molecule has 0 atom stereocenters. The average Bonchev–Trinajstić information content (AvgIpc) is 3.89. The van der Waals surface area contributed by atoms with Crippen molar-refractivity contribution >= 4 is 61.1 Å². The molecule has 0 saturated heterocycles. The van der Waals surface area contributed by atoms with E-state index in [0.29, 0.717) is 0 Å². The highest BCUT2D eigenvalue weighted by atomic mass is 32.2. The maximum absolute atomic E-state index is 6.77. The SMILES string of the molecule is c1ccc2c(c1)Oc1ccccc1C21c2ccccc2-c2c(N(c3ccc4c(c3)-c3ccccc3C43c4ccccc4Sc4ccccc43)c3ccc4c5ccccc5c5ccccc5c4c3)cccc21. The molecule has 16 rings (SSSR count). The Kier molecular flexibility index (Phi) is 7.99. The minimum Gasteiger partial charge on any atom is -0.457 e. The summed E-state index contributed by atoms with van der Waals surface area (Å²) in [4.78, 5) is 5.17. The summed E-state index contributed by atoms with van der Waals surface area (Å²) in [5.74, 6) is 1.78. The minimum absolute atomic E-state index is 0.472. The molecule has 0 bridgehead atoms. The molecule has 71 heavy (non-hydrogen) atoms. The zero-order chi connectivity index (χ0) is 46.4. The molecule has 0 saturated carbocycles. The van der Waals surface area contributed by atoms with Gasteiger partial charge in [0.25, 0.3) is 0 Å². The van der Waals surface area contributed by atoms with Crippen LogP contribution in [-0.2, 0) is 10.8 Å². The molecule has 0 aromatic heterocycles. The molecule has 2 spiro atoms. The topological polar surface area (TPSA) is 12.5 Å². The molecule has 2 aliphatic carbocycles. The van der Waals surface area contributed by atoms with Gasteiger partial charge in [-0.1, -0.05) is 206 Å². The predicted octanol–water partition coefficient (Wildman–Crippen LogP) is 17.9. The maximum atomic E-state index is 6.77. The molecular weight excluding hydrogens is 879 g/mol. The first-order valence-corrected chi connectivity index (χ1v) is 25.4. The Morgan fingerprint density at radius 1 is 0.296 bits per heavy atom. The van der Waals surface area contributed by atoms with E-state index >= 15 is 0 Å². The fourth-order valence-electron chi connectivity index (χ4n) is 13.5. The summed E-state index contributed by atoms with van der Waals surface area (Å²) in [7, 11) is 0. The fourth-order valence-corrected chi connectivity index (χ4v) is 14.7. The van der Waals surface area contributed by atoms with Crippen LogP contribution in [-0.4, -0.2) is 0 Å². The second kappa shape index (κ2) is 14.5. The molecule has 12 aromatic rings. The van der Waals surface area contributed by atoms with Gasteiger partial charge < -0.3 is 9.64 Å². The van der Waals surface area contributed by atoms with E-state index in [1.807, 2.05) is 11.8 Å². The number of hydrogen-bond donors (Lipinski definition) is 0. The first kappa shape index (κ1) is 39.2. The number of anilines is 3. The van der Waals surface area contributed by atoms with Gasteiger partial charge in [-0.2, -0.15) is 0 Å². The first-order valence-electron chi connectivity index (χ1n) is 24.6. The quantitative estimate of drug-likeness (QED) is 0.164. The third kappa shape index (κ3) is 5.03. The molecule has 12 aromatic carbocycles. The fraction of sp³-hybridized carbons (Fsp3) is 0.0294. The van der Waals surface area contributed by atoms with E-state index in [4.69, 9.17) is 4.74 Å². The van der Waals surface area contributed by atoms with Crippen molar-refractivity contribution in [2.75, 3.05) is 4.90 Å². The van der Waals surface area contributed by atoms with E-state index in [0.717, 1.165) is 39.7 Å². The summed E-state index contributed by atoms with van der Waals surface area (Å²) >= 11 is 1.89. The number of rotatable bonds is 3. The van der Waals surface area contributed by atoms with E-state index in [1.165, 1.54) is 97.7 Å². The highest BCUT2D eigenvalue weighted by molar-refractivity contribution is 7.99. The molecule has 4 aliphatic rings. The van der Waals surface area contributed by atoms with Crippen molar-refractivity contribution < 1.29 is 4.74 Å². The molecule has 0 N–H and O–H groups in total. The number of nitrogens with zero attached hydrogens (tertiary/aromatic N) is 1. The maximum Gasteiger partial charge on any atom is 0.132 e. The van der Waals surface area contributed by atoms with Crippen LogP contribution in [0.4, 0.5) is 17.1 Å². The lowest BCUT2D eigenvalue weighted by Crippen LogP contribution is -2.32. The van der Waals surface area contributed by atoms with Crippen LogP contribution in [0, 0.1) is 0 Å². The number of benzene rings is 12. The van der Waals surface area contributed by atoms with Gasteiger partial charge in [0, 0.05) is 37.9 Å². The summed E-state index contributed by atoms with van der Waals surface area (Å²) in [6.07, 6.45) is 0. The zero-order valence-corrected chi connectivity index (χ0v) is 39.3. The highest BCUT2D eigenvalue weighted by Crippen LogP contribution is 2.66. The zero-order valence-electron chi connectivity index (χ0n) is 38.4. The molecule has 2 heterocycles. The third-order valence-corrected chi connectivity index (χ3v) is 17.3. The smallest absolute Gasteiger partial charge is 0.132 e. The van der Waals surface area contributed by atoms with Gasteiger partial charge in [-0.05, 0) is 137 Å². The standard InChI is InChI=1S/C68H41NOS/c1-2-20-46-44(18-1)45-19-3-4-21-47(45)51-40-42(36-38-48(46)51)69(43-37-39-55-52(41-43)49-22-5-7-24-53(49)67(55)58-28-11-15-34-64(58)71-65-35-16-12-29-59(65)67)61-31-17-30-60-66(61)50-23-6-8-25-54(50)68(60)56-26-9-13-32-62(56)70-63-33-14-10-27-57(63)68/h1-41H. The van der Waals surface area contributed by atoms with Crippen LogP contribution in [0.1, 0.15) is 44.5 Å². The number of fused-ring (bicyclic) bond motifs is 24. The molecule has 0 radical (unpaired) electrons. The number of ether oxygens (including phenoxy) is 1. The molecule has 0 unspecified atom stereocenters. The normalized spacial score (nSPS) is 14.5. The highest BCUT2D eigenvalue weighted by Gasteiger charge is 2.53. The van der Waals surface area contributed by atoms with E-state index in [1.54, 1.807) is 0 Å². The Labute approximate surface area is 416 Å². The Morgan fingerprint density at radius 3 is 1.38 bits per heavy atom. The van der Waals surface area contributed by atoms with E-state index in [2.05, 4.69) is 254 Å². The first-order chi connectivity index (χ1) is 35.2. The summed E-state index contributed by atoms with van der Waals surface area (Å²) in [6, 6.07) is 93.0. The van der Waals surface area contributed by atoms with Crippen LogP contribution >= 0.6 is 11.8 Å². The van der Waals surface area contributed by atoms with Gasteiger partial charge >= 0.3 is 0 Å². The van der Waals surface area contributed by atoms with Crippen molar-refractivity contribution in [3.05, 3.63) is 293 Å². The van der Waals surface area contributed by atoms with Crippen molar-refractivity contribution in [3.8, 4) is 33.8 Å². The van der Waals surface area contributed by atoms with Crippen molar-refractivity contribution in [1.82, 2.24) is 0 Å². The van der Waals surface area contributed by atoms with Crippen molar-refractivity contribution in [3.63, 3.8) is 0 Å². The molecule has 3 heteroatoms. The third-order valence-electron chi connectivity index (χ3n) is 16.2. The van der Waals surface area contributed by atoms with Crippen LogP contribution in [0.5, 0.6) is 11.5 Å². The van der Waals surface area contributed by atoms with Gasteiger partial charge in [-0.25, -0.2) is 0 Å². The monoisotopic (exact) mass is 919 g/mol. The summed E-state index contributed by atoms with van der Waals surface area (Å²) < 4.78 is 6.77. The van der Waals surface area contributed by atoms with E-state index in [9.17, 15) is 0 Å². The molecule has 330 valence electrons. The second-order valence-electron chi connectivity index (χ2n) is 19.4. The molecule has 0 amide bonds. The Hall–Kier alpha value is -8.63. The van der Waals surface area contributed by atoms with Crippen molar-refractivity contribution in [2.24, 2.45) is 0 Å². The molecule has 2 nitrogen and oxygen atoms in total. The van der Waals surface area contributed by atoms with Gasteiger partial charge in [0.2, 0.25) is 0 Å². The van der Waals surface area contributed by atoms with Crippen LogP contribution in [0.15, 0.2) is 259 Å². The van der Waals surface area contributed by atoms with Crippen molar-refractivity contribution in [1.29, 1.82) is 0 Å². The Bertz CT molecular complexity index is 4150. The summed E-state index contributed by atoms with van der Waals surface area (Å²) in [5, 5.41) is 7.53. The lowest BCUT2D eigenvalue weighted by molar-refractivity contribution is 0.436. The number of hydrogen-bond acceptors (Lipinski definition) is 3. The Balaban J connectivity index is 1.01. The summed E-state index contributed by atoms with van der Waals surface area (Å²) in [5.41, 5.74) is 17.4. The second-order valence-corrected chi connectivity index (χ2v) is 20.4. The van der Waals surface area contributed by atoms with Crippen LogP contribution in [0.2, 0.25) is 0 Å². The predicted molar refractivity (Wildman–Crippen MR) is 292 cm³/mol.